The van der Waals surface area contributed by atoms with Crippen LogP contribution in [0.2, 0.25) is 0 Å². The molecular weight excluding hydrogens is 799 g/mol. The van der Waals surface area contributed by atoms with Gasteiger partial charge in [-0.2, -0.15) is 4.31 Å². The second-order valence-electron chi connectivity index (χ2n) is 14.8. The van der Waals surface area contributed by atoms with E-state index in [4.69, 9.17) is 15.2 Å². The first kappa shape index (κ1) is 42.8. The summed E-state index contributed by atoms with van der Waals surface area (Å²) in [5.41, 5.74) is 13.5. The SMILES string of the molecule is Cc1ccc(S(=O)(=O)N(C)CC(=O)N(Cc2ccc(-c3ccc(-c4cccc(C(N)=O)c4)cc3)cc2)c2ccc(C(=O)OCc3ccccc3)c(OCc3ccccc3)c2)cc1. The number of benzene rings is 7. The van der Waals surface area contributed by atoms with Crippen LogP contribution >= 0.6 is 0 Å². The third-order valence-corrected chi connectivity index (χ3v) is 12.1. The van der Waals surface area contributed by atoms with Gasteiger partial charge >= 0.3 is 5.97 Å². The van der Waals surface area contributed by atoms with E-state index in [1.165, 1.54) is 24.1 Å². The van der Waals surface area contributed by atoms with Gasteiger partial charge in [0.05, 0.1) is 18.0 Å². The number of carbonyl (C=O) groups is 3. The summed E-state index contributed by atoms with van der Waals surface area (Å²) in [5.74, 6) is -1.40. The molecule has 2 amide bonds. The van der Waals surface area contributed by atoms with Gasteiger partial charge in [0.25, 0.3) is 0 Å². The maximum atomic E-state index is 14.4. The van der Waals surface area contributed by atoms with Crippen LogP contribution < -0.4 is 15.4 Å². The van der Waals surface area contributed by atoms with Gasteiger partial charge in [-0.15, -0.1) is 0 Å². The summed E-state index contributed by atoms with van der Waals surface area (Å²) >= 11 is 0. The van der Waals surface area contributed by atoms with Crippen molar-refractivity contribution in [2.24, 2.45) is 5.73 Å². The van der Waals surface area contributed by atoms with Gasteiger partial charge in [0.2, 0.25) is 21.8 Å². The standard InChI is InChI=1S/C51H45N3O7S/c1-36-16-27-46(28-17-36)62(58,59)53(2)33-49(55)54(32-37-18-20-40(21-19-37)41-22-24-42(25-23-41)43-14-9-15-44(30-43)50(52)56)45-26-29-47(51(57)61-35-39-12-7-4-8-13-39)48(31-45)60-34-38-10-5-3-6-11-38/h3-31H,32-35H2,1-2H3,(H2,52,56). The summed E-state index contributed by atoms with van der Waals surface area (Å²) in [4.78, 5) is 41.3. The Balaban J connectivity index is 1.18. The fourth-order valence-electron chi connectivity index (χ4n) is 6.77. The molecule has 0 heterocycles. The predicted octanol–water partition coefficient (Wildman–Crippen LogP) is 9.22. The van der Waals surface area contributed by atoms with E-state index in [1.54, 1.807) is 48.5 Å². The molecule has 0 saturated carbocycles. The number of likely N-dealkylation sites (N-methyl/N-ethyl adjacent to an activating group) is 1. The highest BCUT2D eigenvalue weighted by molar-refractivity contribution is 7.89. The number of nitrogens with zero attached hydrogens (tertiary/aromatic N) is 2. The van der Waals surface area contributed by atoms with Crippen molar-refractivity contribution >= 4 is 33.5 Å². The molecule has 0 unspecified atom stereocenters. The molecule has 0 aliphatic carbocycles. The van der Waals surface area contributed by atoms with Crippen LogP contribution in [0.3, 0.4) is 0 Å². The van der Waals surface area contributed by atoms with Gasteiger partial charge in [0.15, 0.2) is 0 Å². The fraction of sp³-hybridized carbons (Fsp3) is 0.118. The molecule has 2 N–H and O–H groups in total. The summed E-state index contributed by atoms with van der Waals surface area (Å²) < 4.78 is 40.3. The van der Waals surface area contributed by atoms with Gasteiger partial charge < -0.3 is 20.1 Å². The molecule has 0 bridgehead atoms. The number of carbonyl (C=O) groups excluding carboxylic acids is 3. The van der Waals surface area contributed by atoms with E-state index >= 15 is 0 Å². The highest BCUT2D eigenvalue weighted by Crippen LogP contribution is 2.31. The Morgan fingerprint density at radius 1 is 0.597 bits per heavy atom. The third kappa shape index (κ3) is 10.5. The topological polar surface area (TPSA) is 136 Å². The smallest absolute Gasteiger partial charge is 0.342 e. The van der Waals surface area contributed by atoms with Crippen molar-refractivity contribution in [3.8, 4) is 28.0 Å². The lowest BCUT2D eigenvalue weighted by Crippen LogP contribution is -2.41. The van der Waals surface area contributed by atoms with Crippen LogP contribution in [0.15, 0.2) is 181 Å². The number of nitrogens with two attached hydrogens (primary N) is 1. The highest BCUT2D eigenvalue weighted by Gasteiger charge is 2.27. The Labute approximate surface area is 361 Å². The minimum Gasteiger partial charge on any atom is -0.488 e. The van der Waals surface area contributed by atoms with Crippen molar-refractivity contribution in [3.63, 3.8) is 0 Å². The maximum Gasteiger partial charge on any atom is 0.342 e. The monoisotopic (exact) mass is 843 g/mol. The van der Waals surface area contributed by atoms with E-state index in [0.29, 0.717) is 11.3 Å². The lowest BCUT2D eigenvalue weighted by Gasteiger charge is -2.27. The second-order valence-corrected chi connectivity index (χ2v) is 16.8. The van der Waals surface area contributed by atoms with Crippen molar-refractivity contribution in [3.05, 3.63) is 209 Å². The summed E-state index contributed by atoms with van der Waals surface area (Å²) in [6, 6.07) is 52.9. The lowest BCUT2D eigenvalue weighted by atomic mass is 9.98. The zero-order valence-electron chi connectivity index (χ0n) is 34.3. The number of esters is 1. The first-order valence-corrected chi connectivity index (χ1v) is 21.3. The van der Waals surface area contributed by atoms with Crippen molar-refractivity contribution in [1.29, 1.82) is 0 Å². The molecule has 0 radical (unpaired) electrons. The lowest BCUT2D eigenvalue weighted by molar-refractivity contribution is -0.118. The molecule has 312 valence electrons. The highest BCUT2D eigenvalue weighted by atomic mass is 32.2. The first-order valence-electron chi connectivity index (χ1n) is 19.9. The number of ether oxygens (including phenoxy) is 2. The zero-order valence-corrected chi connectivity index (χ0v) is 35.1. The predicted molar refractivity (Wildman–Crippen MR) is 241 cm³/mol. The number of aryl methyl sites for hydroxylation is 1. The number of rotatable bonds is 16. The van der Waals surface area contributed by atoms with Crippen LogP contribution in [-0.4, -0.2) is 44.1 Å². The van der Waals surface area contributed by atoms with Crippen LogP contribution in [0, 0.1) is 6.92 Å². The number of amides is 2. The number of anilines is 1. The van der Waals surface area contributed by atoms with E-state index in [9.17, 15) is 22.8 Å². The Morgan fingerprint density at radius 3 is 1.79 bits per heavy atom. The number of hydrogen-bond donors (Lipinski definition) is 1. The van der Waals surface area contributed by atoms with Crippen LogP contribution in [-0.2, 0) is 39.3 Å². The molecule has 7 rings (SSSR count). The van der Waals surface area contributed by atoms with E-state index in [0.717, 1.165) is 48.8 Å². The summed E-state index contributed by atoms with van der Waals surface area (Å²) in [5, 5.41) is 0. The molecule has 0 saturated heterocycles. The average Bonchev–Trinajstić information content (AvgIpc) is 3.30. The van der Waals surface area contributed by atoms with Crippen LogP contribution in [0.1, 0.15) is 43.0 Å². The normalized spacial score (nSPS) is 11.2. The van der Waals surface area contributed by atoms with E-state index in [1.807, 2.05) is 122 Å². The Bertz CT molecular complexity index is 2780. The number of sulfonamides is 1. The number of primary amides is 1. The minimum absolute atomic E-state index is 0.0525. The second kappa shape index (κ2) is 19.4. The van der Waals surface area contributed by atoms with Crippen LogP contribution in [0.25, 0.3) is 22.3 Å². The quantitative estimate of drug-likeness (QED) is 0.0959. The van der Waals surface area contributed by atoms with Gasteiger partial charge in [-0.3, -0.25) is 9.59 Å². The van der Waals surface area contributed by atoms with Gasteiger partial charge in [-0.25, -0.2) is 13.2 Å². The molecule has 0 atom stereocenters. The van der Waals surface area contributed by atoms with Crippen LogP contribution in [0.4, 0.5) is 5.69 Å². The summed E-state index contributed by atoms with van der Waals surface area (Å²) in [6.07, 6.45) is 0. The summed E-state index contributed by atoms with van der Waals surface area (Å²) in [6.45, 7) is 1.66. The van der Waals surface area contributed by atoms with Crippen molar-refractivity contribution in [2.75, 3.05) is 18.5 Å². The largest absolute Gasteiger partial charge is 0.488 e. The van der Waals surface area contributed by atoms with Crippen molar-refractivity contribution in [2.45, 2.75) is 31.6 Å². The molecule has 0 spiro atoms. The average molecular weight is 844 g/mol. The van der Waals surface area contributed by atoms with E-state index < -0.39 is 34.4 Å². The fourth-order valence-corrected chi connectivity index (χ4v) is 7.89. The van der Waals surface area contributed by atoms with Gasteiger partial charge in [-0.05, 0) is 82.3 Å². The molecule has 11 heteroatoms. The van der Waals surface area contributed by atoms with Crippen molar-refractivity contribution in [1.82, 2.24) is 4.31 Å². The van der Waals surface area contributed by atoms with Crippen molar-refractivity contribution < 1.29 is 32.3 Å². The molecule has 0 aromatic heterocycles. The van der Waals surface area contributed by atoms with Gasteiger partial charge in [0, 0.05) is 24.4 Å². The molecule has 0 aliphatic heterocycles. The van der Waals surface area contributed by atoms with Crippen LogP contribution in [0.5, 0.6) is 5.75 Å². The molecule has 0 fully saturated rings. The molecule has 62 heavy (non-hydrogen) atoms. The molecule has 7 aromatic rings. The van der Waals surface area contributed by atoms with E-state index in [-0.39, 0.29) is 36.0 Å². The first-order chi connectivity index (χ1) is 29.9. The van der Waals surface area contributed by atoms with Gasteiger partial charge in [-0.1, -0.05) is 139 Å². The number of hydrogen-bond acceptors (Lipinski definition) is 7. The Morgan fingerprint density at radius 2 is 1.18 bits per heavy atom. The molecule has 7 aromatic carbocycles. The minimum atomic E-state index is -4.02. The zero-order chi connectivity index (χ0) is 43.6. The molecule has 10 nitrogen and oxygen atoms in total. The third-order valence-electron chi connectivity index (χ3n) is 10.3. The van der Waals surface area contributed by atoms with Gasteiger partial charge in [0.1, 0.15) is 24.5 Å². The molecule has 0 aliphatic rings. The molecular formula is C51H45N3O7S. The Hall–Kier alpha value is -7.34. The summed E-state index contributed by atoms with van der Waals surface area (Å²) in [7, 11) is -2.64. The maximum absolute atomic E-state index is 14.4. The Kier molecular flexibility index (Phi) is 13.4. The van der Waals surface area contributed by atoms with E-state index in [2.05, 4.69) is 0 Å².